The van der Waals surface area contributed by atoms with E-state index in [2.05, 4.69) is 0 Å². The minimum atomic E-state index is -0.560. The van der Waals surface area contributed by atoms with Gasteiger partial charge in [0.2, 0.25) is 0 Å². The molecule has 0 aromatic rings. The second-order valence-corrected chi connectivity index (χ2v) is 1.03. The summed E-state index contributed by atoms with van der Waals surface area (Å²) in [4.78, 5) is 0. The molecule has 0 fully saturated rings. The summed E-state index contributed by atoms with van der Waals surface area (Å²) < 4.78 is 0. The van der Waals surface area contributed by atoms with E-state index < -0.39 is 6.10 Å². The van der Waals surface area contributed by atoms with Crippen LogP contribution in [0.15, 0.2) is 0 Å². The van der Waals surface area contributed by atoms with Crippen LogP contribution in [-0.2, 0) is 19.5 Å². The van der Waals surface area contributed by atoms with Gasteiger partial charge in [0, 0.05) is 19.5 Å². The molecule has 0 rings (SSSR count). The van der Waals surface area contributed by atoms with Gasteiger partial charge >= 0.3 is 0 Å². The molecule has 0 aliphatic heterocycles. The van der Waals surface area contributed by atoms with Crippen molar-refractivity contribution in [3.8, 4) is 0 Å². The Morgan fingerprint density at radius 1 is 1.67 bits per heavy atom. The molecule has 0 aromatic heterocycles. The molecule has 0 aliphatic rings. The van der Waals surface area contributed by atoms with Crippen LogP contribution in [0.3, 0.4) is 0 Å². The summed E-state index contributed by atoms with van der Waals surface area (Å²) in [6.45, 7) is 1.39. The molecule has 6 heavy (non-hydrogen) atoms. The average molecular weight is 141 g/mol. The Kier molecular flexibility index (Phi) is 9.00. The summed E-state index contributed by atoms with van der Waals surface area (Å²) in [6.07, 6.45) is -0.560. The van der Waals surface area contributed by atoms with Gasteiger partial charge < -0.3 is 10.2 Å². The summed E-state index contributed by atoms with van der Waals surface area (Å²) in [7, 11) is 0. The first kappa shape index (κ1) is 9.74. The molecule has 2 N–H and O–H groups in total. The molecule has 0 aliphatic carbocycles. The van der Waals surface area contributed by atoms with E-state index in [1.54, 1.807) is 0 Å². The van der Waals surface area contributed by atoms with E-state index in [1.807, 2.05) is 0 Å². The molecule has 0 saturated carbocycles. The zero-order valence-electron chi connectivity index (χ0n) is 3.89. The average Bonchev–Trinajstić information content (AvgIpc) is 1.38. The van der Waals surface area contributed by atoms with Crippen LogP contribution < -0.4 is 0 Å². The van der Waals surface area contributed by atoms with E-state index in [0.717, 1.165) is 0 Å². The number of aliphatic hydroxyl groups excluding tert-OH is 2. The second-order valence-electron chi connectivity index (χ2n) is 1.03. The van der Waals surface area contributed by atoms with Crippen molar-refractivity contribution < 1.29 is 29.7 Å². The van der Waals surface area contributed by atoms with Crippen LogP contribution in [0.25, 0.3) is 0 Å². The fraction of sp³-hybridized carbons (Fsp3) is 1.00. The zero-order chi connectivity index (χ0) is 4.28. The van der Waals surface area contributed by atoms with Crippen molar-refractivity contribution in [2.24, 2.45) is 0 Å². The minimum absolute atomic E-state index is 0. The van der Waals surface area contributed by atoms with Gasteiger partial charge in [-0.25, -0.2) is 0 Å². The van der Waals surface area contributed by atoms with Crippen molar-refractivity contribution >= 4 is 0 Å². The number of rotatable bonds is 1. The molecule has 0 spiro atoms. The molecule has 3 heteroatoms. The van der Waals surface area contributed by atoms with Crippen LogP contribution in [0.1, 0.15) is 6.92 Å². The molecular weight excluding hydrogens is 133 g/mol. The summed E-state index contributed by atoms with van der Waals surface area (Å²) in [6, 6.07) is 0. The van der Waals surface area contributed by atoms with Crippen molar-refractivity contribution in [1.82, 2.24) is 0 Å². The van der Waals surface area contributed by atoms with Crippen molar-refractivity contribution in [2.75, 3.05) is 6.61 Å². The third kappa shape index (κ3) is 8.82. The summed E-state index contributed by atoms with van der Waals surface area (Å²) in [5.74, 6) is 0. The van der Waals surface area contributed by atoms with Crippen molar-refractivity contribution in [3.63, 3.8) is 0 Å². The Morgan fingerprint density at radius 2 is 1.83 bits per heavy atom. The van der Waals surface area contributed by atoms with E-state index in [1.165, 1.54) is 6.92 Å². The van der Waals surface area contributed by atoms with E-state index in [0.29, 0.717) is 0 Å². The summed E-state index contributed by atoms with van der Waals surface area (Å²) in [5.41, 5.74) is 0. The molecule has 0 bridgehead atoms. The van der Waals surface area contributed by atoms with Gasteiger partial charge in [-0.15, -0.1) is 0 Å². The van der Waals surface area contributed by atoms with Crippen LogP contribution in [0.2, 0.25) is 0 Å². The van der Waals surface area contributed by atoms with Crippen molar-refractivity contribution in [3.05, 3.63) is 0 Å². The van der Waals surface area contributed by atoms with E-state index in [9.17, 15) is 0 Å². The zero-order valence-corrected chi connectivity index (χ0v) is 6.85. The quantitative estimate of drug-likeness (QED) is 0.477. The minimum Gasteiger partial charge on any atom is -0.394 e. The van der Waals surface area contributed by atoms with Crippen LogP contribution in [0, 0.1) is 0 Å². The Hall–Kier alpha value is 0.543. The first-order valence-electron chi connectivity index (χ1n) is 1.56. The van der Waals surface area contributed by atoms with Crippen molar-refractivity contribution in [1.29, 1.82) is 0 Å². The van der Waals surface area contributed by atoms with Crippen LogP contribution in [-0.4, -0.2) is 22.9 Å². The Labute approximate surface area is 49.9 Å². The Balaban J connectivity index is 0. The number of hydrogen-bond donors (Lipinski definition) is 2. The Bertz CT molecular complexity index is 22.8. The summed E-state index contributed by atoms with van der Waals surface area (Å²) in [5, 5.41) is 16.0. The maximum atomic E-state index is 8.11. The van der Waals surface area contributed by atoms with Crippen molar-refractivity contribution in [2.45, 2.75) is 13.0 Å². The van der Waals surface area contributed by atoms with Gasteiger partial charge in [0.1, 0.15) is 0 Å². The number of aliphatic hydroxyl groups is 2. The van der Waals surface area contributed by atoms with Gasteiger partial charge in [-0.1, -0.05) is 0 Å². The predicted octanol–water partition coefficient (Wildman–Crippen LogP) is -0.643. The first-order chi connectivity index (χ1) is 2.27. The predicted molar refractivity (Wildman–Crippen MR) is 18.8 cm³/mol. The van der Waals surface area contributed by atoms with Gasteiger partial charge in [-0.05, 0) is 6.92 Å². The fourth-order valence-corrected chi connectivity index (χ4v) is 0. The van der Waals surface area contributed by atoms with Crippen LogP contribution in [0.5, 0.6) is 0 Å². The molecule has 0 radical (unpaired) electrons. The van der Waals surface area contributed by atoms with E-state index in [-0.39, 0.29) is 26.1 Å². The maximum Gasteiger partial charge on any atom is 0.0742 e. The number of hydrogen-bond acceptors (Lipinski definition) is 2. The molecular formula is C3H8O2Zn. The molecule has 34 valence electrons. The van der Waals surface area contributed by atoms with E-state index in [4.69, 9.17) is 10.2 Å². The standard InChI is InChI=1S/C3H8O2.Zn/c1-3(5)2-4;/h3-5H,2H2,1H3;. The molecule has 0 heterocycles. The molecule has 1 unspecified atom stereocenters. The van der Waals surface area contributed by atoms with Gasteiger partial charge in [-0.2, -0.15) is 0 Å². The van der Waals surface area contributed by atoms with Gasteiger partial charge in [0.25, 0.3) is 0 Å². The molecule has 0 aromatic carbocycles. The SMILES string of the molecule is CC(O)CO.[Zn]. The maximum absolute atomic E-state index is 8.11. The van der Waals surface area contributed by atoms with Crippen LogP contribution in [0.4, 0.5) is 0 Å². The third-order valence-electron chi connectivity index (χ3n) is 0.264. The molecule has 0 saturated heterocycles. The van der Waals surface area contributed by atoms with Gasteiger partial charge in [0.05, 0.1) is 12.7 Å². The largest absolute Gasteiger partial charge is 0.394 e. The van der Waals surface area contributed by atoms with E-state index >= 15 is 0 Å². The van der Waals surface area contributed by atoms with Gasteiger partial charge in [0.15, 0.2) is 0 Å². The molecule has 2 nitrogen and oxygen atoms in total. The van der Waals surface area contributed by atoms with Gasteiger partial charge in [-0.3, -0.25) is 0 Å². The third-order valence-corrected chi connectivity index (χ3v) is 0.264. The molecule has 0 amide bonds. The Morgan fingerprint density at radius 3 is 1.83 bits per heavy atom. The van der Waals surface area contributed by atoms with Crippen LogP contribution >= 0.6 is 0 Å². The fourth-order valence-electron chi connectivity index (χ4n) is 0. The second kappa shape index (κ2) is 5.54. The monoisotopic (exact) mass is 140 g/mol. The smallest absolute Gasteiger partial charge is 0.0742 e. The molecule has 1 atom stereocenters. The summed E-state index contributed by atoms with van der Waals surface area (Å²) >= 11 is 0. The first-order valence-corrected chi connectivity index (χ1v) is 1.56. The topological polar surface area (TPSA) is 40.5 Å². The normalized spacial score (nSPS) is 12.5.